The molecule has 0 spiro atoms. The van der Waals surface area contributed by atoms with Crippen LogP contribution in [0.5, 0.6) is 0 Å². The van der Waals surface area contributed by atoms with Crippen LogP contribution in [0.1, 0.15) is 18.4 Å². The summed E-state index contributed by atoms with van der Waals surface area (Å²) in [7, 11) is 1.72. The Labute approximate surface area is 155 Å². The molecule has 1 atom stereocenters. The topological polar surface area (TPSA) is 59.8 Å². The molecule has 0 N–H and O–H groups in total. The summed E-state index contributed by atoms with van der Waals surface area (Å²) >= 11 is 0. The van der Waals surface area contributed by atoms with Gasteiger partial charge in [-0.05, 0) is 43.7 Å². The van der Waals surface area contributed by atoms with Gasteiger partial charge < -0.3 is 19.4 Å². The molecule has 140 valence electrons. The summed E-state index contributed by atoms with van der Waals surface area (Å²) in [5, 5.41) is 8.91. The number of nitrogens with zero attached hydrogens (tertiary/aromatic N) is 4. The first-order valence-corrected chi connectivity index (χ1v) is 9.46. The molecule has 6 nitrogen and oxygen atoms in total. The largest absolute Gasteiger partial charge is 0.383 e. The van der Waals surface area contributed by atoms with Crippen LogP contribution in [0.3, 0.4) is 0 Å². The van der Waals surface area contributed by atoms with Gasteiger partial charge in [-0.1, -0.05) is 0 Å². The Morgan fingerprint density at radius 1 is 1.19 bits per heavy atom. The quantitative estimate of drug-likeness (QED) is 0.801. The lowest BCUT2D eigenvalue weighted by molar-refractivity contribution is -0.137. The van der Waals surface area contributed by atoms with Gasteiger partial charge >= 0.3 is 0 Å². The second-order valence-electron chi connectivity index (χ2n) is 7.10. The van der Waals surface area contributed by atoms with Gasteiger partial charge in [-0.15, -0.1) is 0 Å². The second kappa shape index (κ2) is 9.02. The highest BCUT2D eigenvalue weighted by molar-refractivity contribution is 5.79. The number of hydrogen-bond acceptors (Lipinski definition) is 5. The fourth-order valence-electron chi connectivity index (χ4n) is 3.87. The predicted octanol–water partition coefficient (Wildman–Crippen LogP) is 1.57. The van der Waals surface area contributed by atoms with Gasteiger partial charge in [0.15, 0.2) is 0 Å². The number of piperidine rings is 1. The van der Waals surface area contributed by atoms with Crippen molar-refractivity contribution in [3.63, 3.8) is 0 Å². The molecule has 26 heavy (non-hydrogen) atoms. The van der Waals surface area contributed by atoms with Gasteiger partial charge in [-0.25, -0.2) is 0 Å². The standard InChI is InChI=1S/C20H28N4O2/c1-26-14-13-22-8-2-3-18(16-22)20(25)24-11-9-23(10-12-24)19-6-4-17(15-21)5-7-19/h4-7,18H,2-3,8-14,16H2,1H3. The van der Waals surface area contributed by atoms with Crippen LogP contribution in [0.25, 0.3) is 0 Å². The number of hydrogen-bond donors (Lipinski definition) is 0. The van der Waals surface area contributed by atoms with Crippen LogP contribution in [0.4, 0.5) is 5.69 Å². The molecular weight excluding hydrogens is 328 g/mol. The minimum Gasteiger partial charge on any atom is -0.383 e. The second-order valence-corrected chi connectivity index (χ2v) is 7.10. The molecule has 3 rings (SSSR count). The zero-order chi connectivity index (χ0) is 18.4. The van der Waals surface area contributed by atoms with Crippen molar-refractivity contribution in [1.29, 1.82) is 5.26 Å². The van der Waals surface area contributed by atoms with E-state index in [2.05, 4.69) is 15.9 Å². The van der Waals surface area contributed by atoms with E-state index >= 15 is 0 Å². The number of nitriles is 1. The highest BCUT2D eigenvalue weighted by atomic mass is 16.5. The summed E-state index contributed by atoms with van der Waals surface area (Å²) in [6.07, 6.45) is 2.09. The molecule has 1 amide bonds. The van der Waals surface area contributed by atoms with Crippen molar-refractivity contribution in [3.8, 4) is 6.07 Å². The monoisotopic (exact) mass is 356 g/mol. The van der Waals surface area contributed by atoms with E-state index in [1.165, 1.54) is 0 Å². The smallest absolute Gasteiger partial charge is 0.227 e. The van der Waals surface area contributed by atoms with Gasteiger partial charge in [0, 0.05) is 52.1 Å². The van der Waals surface area contributed by atoms with Gasteiger partial charge in [-0.2, -0.15) is 5.26 Å². The normalized spacial score (nSPS) is 21.5. The SMILES string of the molecule is COCCN1CCCC(C(=O)N2CCN(c3ccc(C#N)cc3)CC2)C1. The van der Waals surface area contributed by atoms with Crippen molar-refractivity contribution in [3.05, 3.63) is 29.8 Å². The van der Waals surface area contributed by atoms with Crippen LogP contribution in [0.2, 0.25) is 0 Å². The first-order valence-electron chi connectivity index (χ1n) is 9.46. The van der Waals surface area contributed by atoms with Crippen LogP contribution in [-0.2, 0) is 9.53 Å². The van der Waals surface area contributed by atoms with Gasteiger partial charge in [0.2, 0.25) is 5.91 Å². The highest BCUT2D eigenvalue weighted by Gasteiger charge is 2.30. The average Bonchev–Trinajstić information content (AvgIpc) is 2.72. The molecule has 1 aromatic rings. The van der Waals surface area contributed by atoms with Crippen LogP contribution in [-0.4, -0.2) is 75.2 Å². The fraction of sp³-hybridized carbons (Fsp3) is 0.600. The van der Waals surface area contributed by atoms with Crippen molar-refractivity contribution < 1.29 is 9.53 Å². The molecule has 1 unspecified atom stereocenters. The molecule has 0 aromatic heterocycles. The van der Waals surface area contributed by atoms with Crippen LogP contribution >= 0.6 is 0 Å². The summed E-state index contributed by atoms with van der Waals surface area (Å²) < 4.78 is 5.16. The zero-order valence-corrected chi connectivity index (χ0v) is 15.6. The van der Waals surface area contributed by atoms with Gasteiger partial charge in [0.25, 0.3) is 0 Å². The number of methoxy groups -OCH3 is 1. The van der Waals surface area contributed by atoms with E-state index in [0.717, 1.165) is 70.9 Å². The number of piperazine rings is 1. The molecule has 2 saturated heterocycles. The van der Waals surface area contributed by atoms with E-state index < -0.39 is 0 Å². The van der Waals surface area contributed by atoms with E-state index in [-0.39, 0.29) is 5.92 Å². The Balaban J connectivity index is 1.50. The number of amides is 1. The number of carbonyl (C=O) groups is 1. The first-order chi connectivity index (χ1) is 12.7. The fourth-order valence-corrected chi connectivity index (χ4v) is 3.87. The minimum atomic E-state index is 0.127. The van der Waals surface area contributed by atoms with E-state index in [0.29, 0.717) is 11.5 Å². The number of benzene rings is 1. The Kier molecular flexibility index (Phi) is 6.48. The summed E-state index contributed by atoms with van der Waals surface area (Å²) in [4.78, 5) is 19.6. The molecule has 0 bridgehead atoms. The molecule has 6 heteroatoms. The van der Waals surface area contributed by atoms with Crippen molar-refractivity contribution in [2.45, 2.75) is 12.8 Å². The summed E-state index contributed by atoms with van der Waals surface area (Å²) in [6.45, 7) is 6.80. The minimum absolute atomic E-state index is 0.127. The molecule has 2 aliphatic heterocycles. The average molecular weight is 356 g/mol. The highest BCUT2D eigenvalue weighted by Crippen LogP contribution is 2.21. The van der Waals surface area contributed by atoms with E-state index in [4.69, 9.17) is 10.00 Å². The number of anilines is 1. The van der Waals surface area contributed by atoms with Gasteiger partial charge in [-0.3, -0.25) is 4.79 Å². The maximum Gasteiger partial charge on any atom is 0.227 e. The number of rotatable bonds is 5. The number of ether oxygens (including phenoxy) is 1. The van der Waals surface area contributed by atoms with Crippen LogP contribution in [0.15, 0.2) is 24.3 Å². The lowest BCUT2D eigenvalue weighted by atomic mass is 9.96. The molecule has 0 aliphatic carbocycles. The van der Waals surface area contributed by atoms with E-state index in [1.807, 2.05) is 29.2 Å². The number of carbonyl (C=O) groups excluding carboxylic acids is 1. The molecular formula is C20H28N4O2. The van der Waals surface area contributed by atoms with Crippen molar-refractivity contribution in [2.75, 3.05) is 64.4 Å². The molecule has 2 fully saturated rings. The Morgan fingerprint density at radius 3 is 2.58 bits per heavy atom. The maximum absolute atomic E-state index is 12.9. The molecule has 0 radical (unpaired) electrons. The third-order valence-corrected chi connectivity index (χ3v) is 5.42. The third kappa shape index (κ3) is 4.54. The first kappa shape index (κ1) is 18.7. The number of likely N-dealkylation sites (tertiary alicyclic amines) is 1. The Morgan fingerprint density at radius 2 is 1.92 bits per heavy atom. The molecule has 0 saturated carbocycles. The van der Waals surface area contributed by atoms with Crippen LogP contribution < -0.4 is 4.90 Å². The zero-order valence-electron chi connectivity index (χ0n) is 15.6. The Bertz CT molecular complexity index is 632. The van der Waals surface area contributed by atoms with Crippen molar-refractivity contribution in [2.24, 2.45) is 5.92 Å². The maximum atomic E-state index is 12.9. The summed E-state index contributed by atoms with van der Waals surface area (Å²) in [6, 6.07) is 9.83. The molecule has 2 aliphatic rings. The van der Waals surface area contributed by atoms with Crippen molar-refractivity contribution >= 4 is 11.6 Å². The van der Waals surface area contributed by atoms with Gasteiger partial charge in [0.05, 0.1) is 24.2 Å². The third-order valence-electron chi connectivity index (χ3n) is 5.42. The van der Waals surface area contributed by atoms with E-state index in [9.17, 15) is 4.79 Å². The molecule has 2 heterocycles. The van der Waals surface area contributed by atoms with E-state index in [1.54, 1.807) is 7.11 Å². The summed E-state index contributed by atoms with van der Waals surface area (Å²) in [5.41, 5.74) is 1.80. The lowest BCUT2D eigenvalue weighted by Crippen LogP contribution is -2.52. The van der Waals surface area contributed by atoms with Gasteiger partial charge in [0.1, 0.15) is 0 Å². The molecule has 1 aromatic carbocycles. The summed E-state index contributed by atoms with van der Waals surface area (Å²) in [5.74, 6) is 0.439. The van der Waals surface area contributed by atoms with Crippen LogP contribution in [0, 0.1) is 17.2 Å². The lowest BCUT2D eigenvalue weighted by Gasteiger charge is -2.39. The van der Waals surface area contributed by atoms with Crippen molar-refractivity contribution in [1.82, 2.24) is 9.80 Å². The predicted molar refractivity (Wildman–Crippen MR) is 101 cm³/mol. The Hall–Kier alpha value is -2.10.